The van der Waals surface area contributed by atoms with Gasteiger partial charge < -0.3 is 10.1 Å². The van der Waals surface area contributed by atoms with E-state index in [1.165, 1.54) is 0 Å². The minimum Gasteiger partial charge on any atom is -0.489 e. The molecule has 2 aromatic rings. The van der Waals surface area contributed by atoms with E-state index in [4.69, 9.17) is 16.3 Å². The van der Waals surface area contributed by atoms with E-state index in [-0.39, 0.29) is 11.8 Å². The number of carbonyl (C=O) groups is 1. The minimum absolute atomic E-state index is 0.0155. The monoisotopic (exact) mass is 303 g/mol. The molecule has 0 aromatic heterocycles. The molecule has 0 atom stereocenters. The zero-order chi connectivity index (χ0) is 15.2. The third-order valence-corrected chi connectivity index (χ3v) is 3.35. The number of rotatable bonds is 5. The number of ether oxygens (including phenoxy) is 1. The van der Waals surface area contributed by atoms with Crippen LogP contribution >= 0.6 is 11.6 Å². The number of benzene rings is 2. The number of anilines is 1. The van der Waals surface area contributed by atoms with Crippen LogP contribution in [0.1, 0.15) is 19.4 Å². The van der Waals surface area contributed by atoms with Crippen LogP contribution in [0, 0.1) is 5.92 Å². The van der Waals surface area contributed by atoms with Crippen LogP contribution in [0.5, 0.6) is 5.75 Å². The summed E-state index contributed by atoms with van der Waals surface area (Å²) in [4.78, 5) is 11.7. The highest BCUT2D eigenvalue weighted by Crippen LogP contribution is 2.21. The molecule has 0 heterocycles. The smallest absolute Gasteiger partial charge is 0.226 e. The quantitative estimate of drug-likeness (QED) is 0.882. The van der Waals surface area contributed by atoms with Gasteiger partial charge in [-0.05, 0) is 18.2 Å². The van der Waals surface area contributed by atoms with Crippen LogP contribution in [0.15, 0.2) is 48.5 Å². The van der Waals surface area contributed by atoms with Gasteiger partial charge in [-0.25, -0.2) is 0 Å². The SMILES string of the molecule is CC(C)C(=O)Nc1cccc(OCc2ccccc2Cl)c1. The summed E-state index contributed by atoms with van der Waals surface area (Å²) in [6.45, 7) is 4.10. The zero-order valence-corrected chi connectivity index (χ0v) is 12.9. The Hall–Kier alpha value is -2.00. The first-order valence-electron chi connectivity index (χ1n) is 6.83. The fourth-order valence-electron chi connectivity index (χ4n) is 1.73. The van der Waals surface area contributed by atoms with Gasteiger partial charge in [-0.1, -0.05) is 49.7 Å². The van der Waals surface area contributed by atoms with Gasteiger partial charge in [0.1, 0.15) is 12.4 Å². The summed E-state index contributed by atoms with van der Waals surface area (Å²) in [5.41, 5.74) is 1.65. The number of halogens is 1. The van der Waals surface area contributed by atoms with Crippen LogP contribution in [0.3, 0.4) is 0 Å². The van der Waals surface area contributed by atoms with Gasteiger partial charge in [0.25, 0.3) is 0 Å². The summed E-state index contributed by atoms with van der Waals surface area (Å²) in [5.74, 6) is 0.618. The number of carbonyl (C=O) groups excluding carboxylic acids is 1. The first kappa shape index (κ1) is 15.4. The Kier molecular flexibility index (Phi) is 5.23. The molecule has 3 nitrogen and oxygen atoms in total. The van der Waals surface area contributed by atoms with E-state index >= 15 is 0 Å². The molecular weight excluding hydrogens is 286 g/mol. The second kappa shape index (κ2) is 7.14. The standard InChI is InChI=1S/C17H18ClNO2/c1-12(2)17(20)19-14-7-5-8-15(10-14)21-11-13-6-3-4-9-16(13)18/h3-10,12H,11H2,1-2H3,(H,19,20). The molecule has 0 saturated carbocycles. The maximum absolute atomic E-state index is 11.7. The van der Waals surface area contributed by atoms with Crippen molar-refractivity contribution < 1.29 is 9.53 Å². The molecule has 21 heavy (non-hydrogen) atoms. The zero-order valence-electron chi connectivity index (χ0n) is 12.1. The van der Waals surface area contributed by atoms with Crippen LogP contribution in [-0.4, -0.2) is 5.91 Å². The van der Waals surface area contributed by atoms with Crippen LogP contribution in [0.4, 0.5) is 5.69 Å². The summed E-state index contributed by atoms with van der Waals surface area (Å²) >= 11 is 6.09. The number of nitrogens with one attached hydrogen (secondary N) is 1. The molecule has 0 saturated heterocycles. The highest BCUT2D eigenvalue weighted by atomic mass is 35.5. The third kappa shape index (κ3) is 4.50. The molecule has 0 radical (unpaired) electrons. The minimum atomic E-state index is -0.0577. The van der Waals surface area contributed by atoms with E-state index in [2.05, 4.69) is 5.32 Å². The molecule has 0 aliphatic heterocycles. The Morgan fingerprint density at radius 1 is 1.19 bits per heavy atom. The van der Waals surface area contributed by atoms with Crippen LogP contribution in [0.25, 0.3) is 0 Å². The Morgan fingerprint density at radius 2 is 1.95 bits per heavy atom. The molecule has 1 amide bonds. The van der Waals surface area contributed by atoms with E-state index in [0.717, 1.165) is 11.3 Å². The van der Waals surface area contributed by atoms with E-state index in [9.17, 15) is 4.79 Å². The van der Waals surface area contributed by atoms with E-state index in [1.54, 1.807) is 6.07 Å². The van der Waals surface area contributed by atoms with Crippen molar-refractivity contribution in [2.75, 3.05) is 5.32 Å². The van der Waals surface area contributed by atoms with E-state index in [1.807, 2.05) is 56.3 Å². The normalized spacial score (nSPS) is 10.5. The average molecular weight is 304 g/mol. The Labute approximate surface area is 129 Å². The second-order valence-corrected chi connectivity index (χ2v) is 5.46. The van der Waals surface area contributed by atoms with Gasteiger partial charge in [0, 0.05) is 28.3 Å². The first-order valence-corrected chi connectivity index (χ1v) is 7.21. The summed E-state index contributed by atoms with van der Waals surface area (Å²) in [6, 6.07) is 14.9. The molecule has 0 fully saturated rings. The summed E-state index contributed by atoms with van der Waals surface area (Å²) in [7, 11) is 0. The summed E-state index contributed by atoms with van der Waals surface area (Å²) < 4.78 is 5.72. The van der Waals surface area contributed by atoms with Crippen molar-refractivity contribution >= 4 is 23.2 Å². The molecule has 1 N–H and O–H groups in total. The lowest BCUT2D eigenvalue weighted by molar-refractivity contribution is -0.118. The van der Waals surface area contributed by atoms with Gasteiger partial charge in [0.15, 0.2) is 0 Å². The van der Waals surface area contributed by atoms with Crippen LogP contribution < -0.4 is 10.1 Å². The lowest BCUT2D eigenvalue weighted by Crippen LogP contribution is -2.17. The van der Waals surface area contributed by atoms with Crippen molar-refractivity contribution in [3.05, 3.63) is 59.1 Å². The van der Waals surface area contributed by atoms with Gasteiger partial charge in [-0.2, -0.15) is 0 Å². The Balaban J connectivity index is 2.01. The van der Waals surface area contributed by atoms with Crippen molar-refractivity contribution in [1.82, 2.24) is 0 Å². The van der Waals surface area contributed by atoms with Crippen molar-refractivity contribution in [3.63, 3.8) is 0 Å². The van der Waals surface area contributed by atoms with Gasteiger partial charge >= 0.3 is 0 Å². The predicted molar refractivity (Wildman–Crippen MR) is 85.7 cm³/mol. The number of amides is 1. The molecule has 110 valence electrons. The predicted octanol–water partition coefficient (Wildman–Crippen LogP) is 4.51. The molecule has 2 aromatic carbocycles. The lowest BCUT2D eigenvalue weighted by atomic mass is 10.2. The highest BCUT2D eigenvalue weighted by Gasteiger charge is 2.07. The number of hydrogen-bond acceptors (Lipinski definition) is 2. The molecule has 0 aliphatic carbocycles. The van der Waals surface area contributed by atoms with Crippen LogP contribution in [-0.2, 0) is 11.4 Å². The Morgan fingerprint density at radius 3 is 2.67 bits per heavy atom. The molecule has 0 bridgehead atoms. The largest absolute Gasteiger partial charge is 0.489 e. The number of hydrogen-bond donors (Lipinski definition) is 1. The molecule has 2 rings (SSSR count). The molecule has 0 spiro atoms. The second-order valence-electron chi connectivity index (χ2n) is 5.05. The van der Waals surface area contributed by atoms with E-state index < -0.39 is 0 Å². The fourth-order valence-corrected chi connectivity index (χ4v) is 1.92. The van der Waals surface area contributed by atoms with Crippen molar-refractivity contribution in [3.8, 4) is 5.75 Å². The van der Waals surface area contributed by atoms with Gasteiger partial charge in [-0.3, -0.25) is 4.79 Å². The van der Waals surface area contributed by atoms with Crippen molar-refractivity contribution in [1.29, 1.82) is 0 Å². The maximum Gasteiger partial charge on any atom is 0.226 e. The molecule has 4 heteroatoms. The van der Waals surface area contributed by atoms with Gasteiger partial charge in [0.05, 0.1) is 0 Å². The van der Waals surface area contributed by atoms with Gasteiger partial charge in [0.2, 0.25) is 5.91 Å². The van der Waals surface area contributed by atoms with Crippen molar-refractivity contribution in [2.24, 2.45) is 5.92 Å². The first-order chi connectivity index (χ1) is 10.1. The van der Waals surface area contributed by atoms with Gasteiger partial charge in [-0.15, -0.1) is 0 Å². The highest BCUT2D eigenvalue weighted by molar-refractivity contribution is 6.31. The summed E-state index contributed by atoms with van der Waals surface area (Å²) in [6.07, 6.45) is 0. The van der Waals surface area contributed by atoms with E-state index in [0.29, 0.717) is 17.4 Å². The Bertz CT molecular complexity index is 626. The van der Waals surface area contributed by atoms with Crippen LogP contribution in [0.2, 0.25) is 5.02 Å². The maximum atomic E-state index is 11.7. The fraction of sp³-hybridized carbons (Fsp3) is 0.235. The third-order valence-electron chi connectivity index (χ3n) is 2.98. The summed E-state index contributed by atoms with van der Waals surface area (Å²) in [5, 5.41) is 3.53. The molecule has 0 unspecified atom stereocenters. The lowest BCUT2D eigenvalue weighted by Gasteiger charge is -2.11. The molecular formula is C17H18ClNO2. The average Bonchev–Trinajstić information content (AvgIpc) is 2.46. The molecule has 0 aliphatic rings. The van der Waals surface area contributed by atoms with Crippen molar-refractivity contribution in [2.45, 2.75) is 20.5 Å². The topological polar surface area (TPSA) is 38.3 Å².